The molecule has 0 saturated carbocycles. The molecule has 2 fully saturated rings. The largest absolute Gasteiger partial charge is 0.456 e. The first-order valence-electron chi connectivity index (χ1n) is 6.59. The lowest BCUT2D eigenvalue weighted by molar-refractivity contribution is -0.159. The Bertz CT molecular complexity index is 386. The average molecular weight is 292 g/mol. The van der Waals surface area contributed by atoms with Crippen LogP contribution in [0.5, 0.6) is 0 Å². The highest BCUT2D eigenvalue weighted by atomic mass is 19.3. The molecule has 2 heterocycles. The molecule has 8 heteroatoms. The number of halogens is 2. The molecule has 0 spiro atoms. The summed E-state index contributed by atoms with van der Waals surface area (Å²) in [6.07, 6.45) is -1.53. The van der Waals surface area contributed by atoms with Crippen molar-refractivity contribution in [3.8, 4) is 0 Å². The zero-order chi connectivity index (χ0) is 14.8. The fourth-order valence-corrected chi connectivity index (χ4v) is 2.22. The molecule has 0 bridgehead atoms. The summed E-state index contributed by atoms with van der Waals surface area (Å²) in [5.41, 5.74) is 0. The van der Waals surface area contributed by atoms with Crippen LogP contribution in [0.1, 0.15) is 13.3 Å². The highest BCUT2D eigenvalue weighted by Crippen LogP contribution is 2.30. The molecule has 0 aromatic rings. The highest BCUT2D eigenvalue weighted by molar-refractivity contribution is 5.81. The summed E-state index contributed by atoms with van der Waals surface area (Å²) in [4.78, 5) is 24.6. The second-order valence-electron chi connectivity index (χ2n) is 5.00. The monoisotopic (exact) mass is 292 g/mol. The number of nitrogens with zero attached hydrogens (tertiary/aromatic N) is 1. The molecule has 6 nitrogen and oxygen atoms in total. The normalized spacial score (nSPS) is 27.2. The van der Waals surface area contributed by atoms with Crippen molar-refractivity contribution in [2.24, 2.45) is 0 Å². The van der Waals surface area contributed by atoms with E-state index in [2.05, 4.69) is 10.1 Å². The number of amides is 1. The molecule has 0 aromatic heterocycles. The van der Waals surface area contributed by atoms with Gasteiger partial charge in [-0.1, -0.05) is 0 Å². The Hall–Kier alpha value is -1.28. The fraction of sp³-hybridized carbons (Fsp3) is 0.833. The second-order valence-corrected chi connectivity index (χ2v) is 5.00. The van der Waals surface area contributed by atoms with Crippen molar-refractivity contribution in [3.63, 3.8) is 0 Å². The quantitative estimate of drug-likeness (QED) is 0.725. The fourth-order valence-electron chi connectivity index (χ4n) is 2.22. The molecular weight excluding hydrogens is 274 g/mol. The summed E-state index contributed by atoms with van der Waals surface area (Å²) >= 11 is 0. The number of hydrogen-bond donors (Lipinski definition) is 1. The predicted molar refractivity (Wildman–Crippen MR) is 64.3 cm³/mol. The molecule has 2 unspecified atom stereocenters. The van der Waals surface area contributed by atoms with Crippen LogP contribution < -0.4 is 5.32 Å². The molecule has 2 aliphatic heterocycles. The number of rotatable bonds is 4. The van der Waals surface area contributed by atoms with Crippen molar-refractivity contribution >= 4 is 11.9 Å². The second kappa shape index (κ2) is 6.01. The van der Waals surface area contributed by atoms with Crippen LogP contribution >= 0.6 is 0 Å². The van der Waals surface area contributed by atoms with E-state index in [0.29, 0.717) is 26.3 Å². The smallest absolute Gasteiger partial charge is 0.377 e. The summed E-state index contributed by atoms with van der Waals surface area (Å²) in [6.45, 7) is 3.77. The van der Waals surface area contributed by atoms with Gasteiger partial charge >= 0.3 is 11.9 Å². The maximum atomic E-state index is 13.0. The molecule has 20 heavy (non-hydrogen) atoms. The Morgan fingerprint density at radius 3 is 2.70 bits per heavy atom. The number of ether oxygens (including phenoxy) is 2. The third-order valence-corrected chi connectivity index (χ3v) is 3.40. The van der Waals surface area contributed by atoms with Gasteiger partial charge in [0, 0.05) is 19.6 Å². The molecule has 114 valence electrons. The lowest BCUT2D eigenvalue weighted by Crippen LogP contribution is -2.50. The van der Waals surface area contributed by atoms with Gasteiger partial charge in [0.1, 0.15) is 6.10 Å². The molecule has 2 atom stereocenters. The first-order valence-corrected chi connectivity index (χ1v) is 6.59. The molecule has 2 rings (SSSR count). The summed E-state index contributed by atoms with van der Waals surface area (Å²) < 4.78 is 35.6. The number of cyclic esters (lactones) is 1. The van der Waals surface area contributed by atoms with Crippen molar-refractivity contribution in [3.05, 3.63) is 0 Å². The van der Waals surface area contributed by atoms with Gasteiger partial charge in [0.15, 0.2) is 0 Å². The zero-order valence-corrected chi connectivity index (χ0v) is 11.2. The maximum Gasteiger partial charge on any atom is 0.377 e. The number of carbonyl (C=O) groups is 2. The van der Waals surface area contributed by atoms with Crippen molar-refractivity contribution in [2.45, 2.75) is 31.4 Å². The van der Waals surface area contributed by atoms with Crippen molar-refractivity contribution in [2.75, 3.05) is 32.8 Å². The van der Waals surface area contributed by atoms with Gasteiger partial charge < -0.3 is 19.7 Å². The Balaban J connectivity index is 1.76. The molecule has 0 aromatic carbocycles. The van der Waals surface area contributed by atoms with E-state index >= 15 is 0 Å². The first kappa shape index (κ1) is 15.1. The summed E-state index contributed by atoms with van der Waals surface area (Å²) in [7, 11) is 0. The Morgan fingerprint density at radius 1 is 1.50 bits per heavy atom. The van der Waals surface area contributed by atoms with Crippen LogP contribution in [0.2, 0.25) is 0 Å². The van der Waals surface area contributed by atoms with Crippen LogP contribution in [0, 0.1) is 0 Å². The number of carbonyl (C=O) groups excluding carboxylic acids is 2. The van der Waals surface area contributed by atoms with Gasteiger partial charge in [-0.25, -0.2) is 4.79 Å². The number of alkyl halides is 2. The first-order chi connectivity index (χ1) is 9.40. The number of nitrogens with one attached hydrogen (secondary N) is 1. The van der Waals surface area contributed by atoms with Crippen LogP contribution in [0.3, 0.4) is 0 Å². The lowest BCUT2D eigenvalue weighted by atomic mass is 10.2. The van der Waals surface area contributed by atoms with Crippen molar-refractivity contribution in [1.29, 1.82) is 0 Å². The maximum absolute atomic E-state index is 13.0. The Morgan fingerprint density at radius 2 is 2.15 bits per heavy atom. The molecule has 0 aliphatic carbocycles. The van der Waals surface area contributed by atoms with Crippen molar-refractivity contribution < 1.29 is 27.8 Å². The molecule has 2 saturated heterocycles. The standard InChI is InChI=1S/C12H18F2N2O4/c1-8(10(17)16-2-4-19-5-3-16)15-7-9-6-12(13,14)11(18)20-9/h8-9,15H,2-7H2,1H3. The van der Waals surface area contributed by atoms with E-state index in [1.807, 2.05) is 0 Å². The third-order valence-electron chi connectivity index (χ3n) is 3.40. The number of morpholine rings is 1. The zero-order valence-electron chi connectivity index (χ0n) is 11.2. The van der Waals surface area contributed by atoms with Gasteiger partial charge in [-0.2, -0.15) is 8.78 Å². The van der Waals surface area contributed by atoms with E-state index in [0.717, 1.165) is 0 Å². The van der Waals surface area contributed by atoms with E-state index in [4.69, 9.17) is 4.74 Å². The average Bonchev–Trinajstić information content (AvgIpc) is 2.69. The minimum atomic E-state index is -3.41. The van der Waals surface area contributed by atoms with Crippen LogP contribution in [0.15, 0.2) is 0 Å². The number of hydrogen-bond acceptors (Lipinski definition) is 5. The SMILES string of the molecule is CC(NCC1CC(F)(F)C(=O)O1)C(=O)N1CCOCC1. The molecular formula is C12H18F2N2O4. The predicted octanol–water partition coefficient (Wildman–Crippen LogP) is -0.226. The van der Waals surface area contributed by atoms with E-state index in [1.165, 1.54) is 0 Å². The lowest BCUT2D eigenvalue weighted by Gasteiger charge is -2.29. The van der Waals surface area contributed by atoms with Gasteiger partial charge in [-0.3, -0.25) is 4.79 Å². The van der Waals surface area contributed by atoms with Gasteiger partial charge in [0.2, 0.25) is 5.91 Å². The van der Waals surface area contributed by atoms with E-state index < -0.39 is 30.5 Å². The van der Waals surface area contributed by atoms with Gasteiger partial charge in [0.05, 0.1) is 25.7 Å². The van der Waals surface area contributed by atoms with E-state index in [-0.39, 0.29) is 12.5 Å². The van der Waals surface area contributed by atoms with E-state index in [9.17, 15) is 18.4 Å². The molecule has 1 amide bonds. The van der Waals surface area contributed by atoms with Crippen LogP contribution in [-0.2, 0) is 19.1 Å². The van der Waals surface area contributed by atoms with Crippen molar-refractivity contribution in [1.82, 2.24) is 10.2 Å². The summed E-state index contributed by atoms with van der Waals surface area (Å²) in [5, 5.41) is 2.84. The molecule has 2 aliphatic rings. The molecule has 0 radical (unpaired) electrons. The van der Waals surface area contributed by atoms with Gasteiger partial charge in [-0.15, -0.1) is 0 Å². The van der Waals surface area contributed by atoms with E-state index in [1.54, 1.807) is 11.8 Å². The third kappa shape index (κ3) is 3.43. The topological polar surface area (TPSA) is 67.9 Å². The van der Waals surface area contributed by atoms with Gasteiger partial charge in [0.25, 0.3) is 0 Å². The highest BCUT2D eigenvalue weighted by Gasteiger charge is 2.50. The van der Waals surface area contributed by atoms with Crippen LogP contribution in [-0.4, -0.2) is 67.7 Å². The number of esters is 1. The molecule has 1 N–H and O–H groups in total. The van der Waals surface area contributed by atoms with Gasteiger partial charge in [-0.05, 0) is 6.92 Å². The Kier molecular flexibility index (Phi) is 4.54. The minimum absolute atomic E-state index is 0.0403. The summed E-state index contributed by atoms with van der Waals surface area (Å²) in [5.74, 6) is -5.01. The Labute approximate surface area is 115 Å². The van der Waals surface area contributed by atoms with Crippen LogP contribution in [0.4, 0.5) is 8.78 Å². The summed E-state index contributed by atoms with van der Waals surface area (Å²) in [6, 6.07) is -0.513. The van der Waals surface area contributed by atoms with Crippen LogP contribution in [0.25, 0.3) is 0 Å². The minimum Gasteiger partial charge on any atom is -0.456 e.